The summed E-state index contributed by atoms with van der Waals surface area (Å²) < 4.78 is 5.18. The second kappa shape index (κ2) is 17.8. The number of rotatable bonds is 17. The molecule has 0 amide bonds. The zero-order chi connectivity index (χ0) is 19.4. The maximum absolute atomic E-state index is 11.6. The van der Waals surface area contributed by atoms with Gasteiger partial charge in [0.25, 0.3) is 0 Å². The summed E-state index contributed by atoms with van der Waals surface area (Å²) in [4.78, 5) is 15.6. The van der Waals surface area contributed by atoms with E-state index in [4.69, 9.17) is 4.74 Å². The van der Waals surface area contributed by atoms with Gasteiger partial charge in [0.2, 0.25) is 0 Å². The van der Waals surface area contributed by atoms with E-state index in [2.05, 4.69) is 11.9 Å². The van der Waals surface area contributed by atoms with Gasteiger partial charge in [-0.25, -0.2) is 4.79 Å². The minimum Gasteiger partial charge on any atom is -0.458 e. The average Bonchev–Trinajstić information content (AvgIpc) is 2.70. The molecular weight excluding hydrogens is 334 g/mol. The number of unbranched alkanes of at least 4 members (excludes halogenated alkanes) is 13. The first-order valence-corrected chi connectivity index (χ1v) is 11.0. The minimum atomic E-state index is -0.270. The fraction of sp³-hybridized carbons (Fsp3) is 0.667. The molecule has 1 aromatic rings. The molecule has 0 aromatic carbocycles. The molecule has 0 radical (unpaired) electrons. The Hall–Kier alpha value is -1.64. The van der Waals surface area contributed by atoms with E-state index in [-0.39, 0.29) is 12.6 Å². The van der Waals surface area contributed by atoms with Crippen LogP contribution in [0.5, 0.6) is 0 Å². The molecule has 0 saturated heterocycles. The highest BCUT2D eigenvalue weighted by Gasteiger charge is 1.98. The number of esters is 1. The quantitative estimate of drug-likeness (QED) is 0.165. The molecule has 0 unspecified atom stereocenters. The van der Waals surface area contributed by atoms with Crippen LogP contribution in [0.25, 0.3) is 0 Å². The van der Waals surface area contributed by atoms with Crippen LogP contribution in [0.3, 0.4) is 0 Å². The lowest BCUT2D eigenvalue weighted by Gasteiger charge is -2.02. The predicted molar refractivity (Wildman–Crippen MR) is 113 cm³/mol. The summed E-state index contributed by atoms with van der Waals surface area (Å²) in [6.45, 7) is 2.56. The number of hydrogen-bond acceptors (Lipinski definition) is 3. The summed E-state index contributed by atoms with van der Waals surface area (Å²) in [5.74, 6) is -0.270. The third-order valence-electron chi connectivity index (χ3n) is 4.83. The van der Waals surface area contributed by atoms with Crippen molar-refractivity contribution in [2.45, 2.75) is 103 Å². The molecule has 27 heavy (non-hydrogen) atoms. The van der Waals surface area contributed by atoms with Gasteiger partial charge in [0.15, 0.2) is 0 Å². The number of hydrogen-bond donors (Lipinski definition) is 0. The van der Waals surface area contributed by atoms with Crippen molar-refractivity contribution in [1.29, 1.82) is 0 Å². The van der Waals surface area contributed by atoms with Gasteiger partial charge in [-0.1, -0.05) is 96.1 Å². The maximum Gasteiger partial charge on any atom is 0.330 e. The van der Waals surface area contributed by atoms with Gasteiger partial charge in [0.1, 0.15) is 6.61 Å². The second-order valence-corrected chi connectivity index (χ2v) is 7.40. The highest BCUT2D eigenvalue weighted by molar-refractivity contribution is 5.81. The lowest BCUT2D eigenvalue weighted by Crippen LogP contribution is -2.00. The van der Waals surface area contributed by atoms with Crippen LogP contribution < -0.4 is 0 Å². The van der Waals surface area contributed by atoms with E-state index in [0.717, 1.165) is 18.4 Å². The number of ether oxygens (including phenoxy) is 1. The van der Waals surface area contributed by atoms with Crippen molar-refractivity contribution in [2.24, 2.45) is 0 Å². The maximum atomic E-state index is 11.6. The molecule has 1 heterocycles. The zero-order valence-corrected chi connectivity index (χ0v) is 17.3. The third kappa shape index (κ3) is 15.1. The molecule has 0 fully saturated rings. The zero-order valence-electron chi connectivity index (χ0n) is 17.3. The standard InChI is InChI=1S/C24H39NO2/c1-2-3-4-5-6-7-8-9-10-11-12-13-14-15-16-19-24(26)27-22-23-18-17-20-25-21-23/h16-21H,2-15,22H2,1H3/b19-16-. The van der Waals surface area contributed by atoms with E-state index >= 15 is 0 Å². The fourth-order valence-corrected chi connectivity index (χ4v) is 3.15. The Kier molecular flexibility index (Phi) is 15.4. The van der Waals surface area contributed by atoms with Gasteiger partial charge in [-0.05, 0) is 18.9 Å². The van der Waals surface area contributed by atoms with E-state index in [9.17, 15) is 4.79 Å². The van der Waals surface area contributed by atoms with Crippen LogP contribution in [-0.2, 0) is 16.1 Å². The predicted octanol–water partition coefficient (Wildman–Crippen LogP) is 7.16. The summed E-state index contributed by atoms with van der Waals surface area (Å²) in [6.07, 6.45) is 25.6. The number of carbonyl (C=O) groups is 1. The molecule has 0 N–H and O–H groups in total. The number of aromatic nitrogens is 1. The normalized spacial score (nSPS) is 11.1. The molecule has 0 saturated carbocycles. The Bertz CT molecular complexity index is 484. The number of nitrogens with zero attached hydrogens (tertiary/aromatic N) is 1. The van der Waals surface area contributed by atoms with Crippen LogP contribution in [0.2, 0.25) is 0 Å². The number of carbonyl (C=O) groups excluding carboxylic acids is 1. The van der Waals surface area contributed by atoms with Crippen LogP contribution in [0, 0.1) is 0 Å². The van der Waals surface area contributed by atoms with Crippen molar-refractivity contribution in [3.8, 4) is 0 Å². The first-order valence-electron chi connectivity index (χ1n) is 11.0. The average molecular weight is 374 g/mol. The molecule has 3 nitrogen and oxygen atoms in total. The van der Waals surface area contributed by atoms with Gasteiger partial charge in [0, 0.05) is 24.0 Å². The summed E-state index contributed by atoms with van der Waals surface area (Å²) in [7, 11) is 0. The molecular formula is C24H39NO2. The van der Waals surface area contributed by atoms with E-state index in [1.165, 1.54) is 77.0 Å². The Morgan fingerprint density at radius 3 is 2.07 bits per heavy atom. The minimum absolute atomic E-state index is 0.270. The Morgan fingerprint density at radius 2 is 1.52 bits per heavy atom. The fourth-order valence-electron chi connectivity index (χ4n) is 3.15. The Labute approximate surface area is 166 Å². The second-order valence-electron chi connectivity index (χ2n) is 7.40. The van der Waals surface area contributed by atoms with Crippen molar-refractivity contribution < 1.29 is 9.53 Å². The largest absolute Gasteiger partial charge is 0.458 e. The van der Waals surface area contributed by atoms with Crippen molar-refractivity contribution in [3.63, 3.8) is 0 Å². The van der Waals surface area contributed by atoms with Gasteiger partial charge < -0.3 is 4.74 Å². The highest BCUT2D eigenvalue weighted by Crippen LogP contribution is 2.13. The molecule has 0 atom stereocenters. The molecule has 1 rings (SSSR count). The van der Waals surface area contributed by atoms with Crippen molar-refractivity contribution in [3.05, 3.63) is 42.2 Å². The van der Waals surface area contributed by atoms with Crippen LogP contribution in [-0.4, -0.2) is 11.0 Å². The summed E-state index contributed by atoms with van der Waals surface area (Å²) in [5, 5.41) is 0. The van der Waals surface area contributed by atoms with Crippen molar-refractivity contribution in [1.82, 2.24) is 4.98 Å². The van der Waals surface area contributed by atoms with E-state index < -0.39 is 0 Å². The van der Waals surface area contributed by atoms with Crippen LogP contribution in [0.4, 0.5) is 0 Å². The first-order chi connectivity index (χ1) is 13.3. The van der Waals surface area contributed by atoms with Crippen LogP contribution in [0.1, 0.15) is 102 Å². The summed E-state index contributed by atoms with van der Waals surface area (Å²) in [6, 6.07) is 3.74. The molecule has 3 heteroatoms. The molecule has 0 aliphatic carbocycles. The summed E-state index contributed by atoms with van der Waals surface area (Å²) in [5.41, 5.74) is 0.913. The summed E-state index contributed by atoms with van der Waals surface area (Å²) >= 11 is 0. The third-order valence-corrected chi connectivity index (χ3v) is 4.83. The van der Waals surface area contributed by atoms with Crippen molar-refractivity contribution in [2.75, 3.05) is 0 Å². The van der Waals surface area contributed by atoms with Crippen LogP contribution >= 0.6 is 0 Å². The lowest BCUT2D eigenvalue weighted by atomic mass is 10.0. The SMILES string of the molecule is CCCCCCCCCCCCCCC/C=C\C(=O)OCc1cccnc1. The van der Waals surface area contributed by atoms with E-state index in [0.29, 0.717) is 0 Å². The molecule has 152 valence electrons. The van der Waals surface area contributed by atoms with Crippen LogP contribution in [0.15, 0.2) is 36.7 Å². The topological polar surface area (TPSA) is 39.2 Å². The molecule has 1 aromatic heterocycles. The Balaban J connectivity index is 1.83. The van der Waals surface area contributed by atoms with Gasteiger partial charge in [-0.2, -0.15) is 0 Å². The Morgan fingerprint density at radius 1 is 0.926 bits per heavy atom. The number of pyridine rings is 1. The van der Waals surface area contributed by atoms with E-state index in [1.807, 2.05) is 18.2 Å². The molecule has 0 bridgehead atoms. The molecule has 0 spiro atoms. The molecule has 0 aliphatic rings. The van der Waals surface area contributed by atoms with Gasteiger partial charge in [-0.15, -0.1) is 0 Å². The highest BCUT2D eigenvalue weighted by atomic mass is 16.5. The lowest BCUT2D eigenvalue weighted by molar-refractivity contribution is -0.139. The van der Waals surface area contributed by atoms with Gasteiger partial charge >= 0.3 is 5.97 Å². The van der Waals surface area contributed by atoms with Gasteiger partial charge in [0.05, 0.1) is 0 Å². The van der Waals surface area contributed by atoms with Gasteiger partial charge in [-0.3, -0.25) is 4.98 Å². The monoisotopic (exact) mass is 373 g/mol. The smallest absolute Gasteiger partial charge is 0.330 e. The number of allylic oxidation sites excluding steroid dienone is 1. The first kappa shape index (κ1) is 23.4. The van der Waals surface area contributed by atoms with Crippen molar-refractivity contribution >= 4 is 5.97 Å². The molecule has 0 aliphatic heterocycles. The van der Waals surface area contributed by atoms with E-state index in [1.54, 1.807) is 18.5 Å².